The maximum atomic E-state index is 12.8. The van der Waals surface area contributed by atoms with Gasteiger partial charge in [-0.3, -0.25) is 4.79 Å². The zero-order valence-corrected chi connectivity index (χ0v) is 12.2. The normalized spacial score (nSPS) is 35.2. The molecule has 2 bridgehead atoms. The quantitative estimate of drug-likeness (QED) is 0.752. The lowest BCUT2D eigenvalue weighted by molar-refractivity contribution is -0.313. The molecule has 0 saturated carbocycles. The second kappa shape index (κ2) is 4.43. The van der Waals surface area contributed by atoms with Gasteiger partial charge in [-0.1, -0.05) is 31.2 Å². The highest BCUT2D eigenvalue weighted by Crippen LogP contribution is 2.52. The summed E-state index contributed by atoms with van der Waals surface area (Å²) >= 11 is 0. The van der Waals surface area contributed by atoms with Crippen LogP contribution in [0.2, 0.25) is 0 Å². The number of aryl methyl sites for hydroxylation is 1. The molecule has 1 aromatic carbocycles. The minimum Gasteiger partial charge on any atom is -0.550 e. The van der Waals surface area contributed by atoms with E-state index in [2.05, 4.69) is 6.92 Å². The predicted molar refractivity (Wildman–Crippen MR) is 76.9 cm³/mol. The van der Waals surface area contributed by atoms with Crippen molar-refractivity contribution in [3.05, 3.63) is 42.0 Å². The first-order chi connectivity index (χ1) is 10.6. The molecule has 2 saturated heterocycles. The molecule has 0 aliphatic carbocycles. The van der Waals surface area contributed by atoms with Crippen LogP contribution in [0.25, 0.3) is 0 Å². The first kappa shape index (κ1) is 13.5. The topological polar surface area (TPSA) is 69.7 Å². The highest BCUT2D eigenvalue weighted by molar-refractivity contribution is 6.02. The van der Waals surface area contributed by atoms with Crippen LogP contribution >= 0.6 is 0 Å². The fraction of sp³-hybridized carbons (Fsp3) is 0.412. The Balaban J connectivity index is 1.70. The van der Waals surface area contributed by atoms with Gasteiger partial charge in [-0.05, 0) is 24.1 Å². The van der Waals surface area contributed by atoms with Crippen LogP contribution in [0.4, 0.5) is 5.69 Å². The molecule has 0 N–H and O–H groups in total. The third kappa shape index (κ3) is 1.63. The lowest BCUT2D eigenvalue weighted by Gasteiger charge is -2.24. The molecule has 0 aromatic heterocycles. The monoisotopic (exact) mass is 298 g/mol. The zero-order valence-electron chi connectivity index (χ0n) is 12.2. The minimum absolute atomic E-state index is 0.190. The summed E-state index contributed by atoms with van der Waals surface area (Å²) < 4.78 is 5.83. The van der Waals surface area contributed by atoms with E-state index in [0.717, 1.165) is 12.1 Å². The van der Waals surface area contributed by atoms with Gasteiger partial charge in [0.1, 0.15) is 5.60 Å². The fourth-order valence-electron chi connectivity index (χ4n) is 3.90. The average molecular weight is 298 g/mol. The Morgan fingerprint density at radius 3 is 2.77 bits per heavy atom. The van der Waals surface area contributed by atoms with Gasteiger partial charge in [0.15, 0.2) is 0 Å². The molecule has 4 atom stereocenters. The maximum Gasteiger partial charge on any atom is 0.234 e. The van der Waals surface area contributed by atoms with E-state index in [1.54, 1.807) is 11.0 Å². The van der Waals surface area contributed by atoms with Gasteiger partial charge in [-0.15, -0.1) is 0 Å². The van der Waals surface area contributed by atoms with E-state index in [0.29, 0.717) is 6.54 Å². The van der Waals surface area contributed by atoms with Crippen LogP contribution in [0.15, 0.2) is 36.4 Å². The lowest BCUT2D eigenvalue weighted by Crippen LogP contribution is -2.45. The number of benzene rings is 1. The number of carboxylic acids is 1. The molecule has 3 aliphatic rings. The summed E-state index contributed by atoms with van der Waals surface area (Å²) in [4.78, 5) is 25.8. The van der Waals surface area contributed by atoms with Crippen LogP contribution in [0, 0.1) is 11.8 Å². The number of aliphatic carboxylic acids is 1. The third-order valence-corrected chi connectivity index (χ3v) is 5.03. The number of carboxylic acid groups (broad SMARTS) is 1. The number of hydrogen-bond donors (Lipinski definition) is 0. The van der Waals surface area contributed by atoms with Crippen molar-refractivity contribution in [1.29, 1.82) is 0 Å². The largest absolute Gasteiger partial charge is 0.550 e. The summed E-state index contributed by atoms with van der Waals surface area (Å²) in [6.07, 6.45) is 3.98. The van der Waals surface area contributed by atoms with Gasteiger partial charge >= 0.3 is 0 Å². The highest BCUT2D eigenvalue weighted by atomic mass is 16.5. The highest BCUT2D eigenvalue weighted by Gasteiger charge is 2.65. The average Bonchev–Trinajstić information content (AvgIpc) is 3.15. The van der Waals surface area contributed by atoms with E-state index < -0.39 is 29.5 Å². The number of hydrogen-bond acceptors (Lipinski definition) is 4. The standard InChI is InChI=1S/C17H17NO4/c1-2-10-3-5-11(6-4-10)18-9-17-8-7-12(22-17)13(16(20)21)14(17)15(18)19/h3-8,12-14H,2,9H2,1H3,(H,20,21)/p-1/t12-,13-,14+,17-/m0/s1. The molecule has 2 fully saturated rings. The number of carbonyl (C=O) groups excluding carboxylic acids is 2. The second-order valence-electron chi connectivity index (χ2n) is 6.16. The van der Waals surface area contributed by atoms with Gasteiger partial charge in [0.25, 0.3) is 0 Å². The van der Waals surface area contributed by atoms with E-state index in [9.17, 15) is 14.7 Å². The molecule has 5 nitrogen and oxygen atoms in total. The molecule has 3 aliphatic heterocycles. The molecule has 22 heavy (non-hydrogen) atoms. The summed E-state index contributed by atoms with van der Waals surface area (Å²) in [7, 11) is 0. The van der Waals surface area contributed by atoms with Gasteiger partial charge in [0.2, 0.25) is 5.91 Å². The molecule has 3 heterocycles. The van der Waals surface area contributed by atoms with Gasteiger partial charge in [-0.2, -0.15) is 0 Å². The molecule has 1 aromatic rings. The van der Waals surface area contributed by atoms with Crippen LogP contribution in [0.3, 0.4) is 0 Å². The molecule has 4 rings (SSSR count). The van der Waals surface area contributed by atoms with Gasteiger partial charge in [0.05, 0.1) is 18.6 Å². The molecule has 1 spiro atoms. The second-order valence-corrected chi connectivity index (χ2v) is 6.16. The predicted octanol–water partition coefficient (Wildman–Crippen LogP) is 0.285. The number of anilines is 1. The van der Waals surface area contributed by atoms with Crippen LogP contribution in [0.5, 0.6) is 0 Å². The molecular weight excluding hydrogens is 282 g/mol. The number of ether oxygens (including phenoxy) is 1. The first-order valence-corrected chi connectivity index (χ1v) is 7.54. The van der Waals surface area contributed by atoms with Gasteiger partial charge < -0.3 is 19.5 Å². The molecular formula is C17H16NO4-. The lowest BCUT2D eigenvalue weighted by atomic mass is 9.77. The summed E-state index contributed by atoms with van der Waals surface area (Å²) in [6.45, 7) is 2.43. The van der Waals surface area contributed by atoms with Crippen LogP contribution in [-0.4, -0.2) is 30.1 Å². The Morgan fingerprint density at radius 1 is 1.41 bits per heavy atom. The van der Waals surface area contributed by atoms with Crippen LogP contribution < -0.4 is 10.0 Å². The van der Waals surface area contributed by atoms with Crippen molar-refractivity contribution in [2.75, 3.05) is 11.4 Å². The smallest absolute Gasteiger partial charge is 0.234 e. The van der Waals surface area contributed by atoms with E-state index in [-0.39, 0.29) is 5.91 Å². The Labute approximate surface area is 128 Å². The SMILES string of the molecule is CCc1ccc(N2C[C@]34C=C[C@H](O3)[C@H](C(=O)[O-])[C@@H]4C2=O)cc1. The Bertz CT molecular complexity index is 680. The molecule has 1 amide bonds. The van der Waals surface area contributed by atoms with E-state index in [4.69, 9.17) is 4.74 Å². The summed E-state index contributed by atoms with van der Waals surface area (Å²) in [5.41, 5.74) is 1.16. The summed E-state index contributed by atoms with van der Waals surface area (Å²) in [5, 5.41) is 11.4. The Hall–Kier alpha value is -2.14. The number of fused-ring (bicyclic) bond motifs is 1. The molecule has 5 heteroatoms. The zero-order chi connectivity index (χ0) is 15.5. The van der Waals surface area contributed by atoms with Gasteiger partial charge in [-0.25, -0.2) is 0 Å². The third-order valence-electron chi connectivity index (χ3n) is 5.03. The fourth-order valence-corrected chi connectivity index (χ4v) is 3.90. The minimum atomic E-state index is -1.21. The molecule has 114 valence electrons. The number of amides is 1. The van der Waals surface area contributed by atoms with Crippen LogP contribution in [-0.2, 0) is 20.7 Å². The van der Waals surface area contributed by atoms with Crippen molar-refractivity contribution in [2.24, 2.45) is 11.8 Å². The Kier molecular flexibility index (Phi) is 2.72. The van der Waals surface area contributed by atoms with Crippen molar-refractivity contribution in [2.45, 2.75) is 25.0 Å². The number of nitrogens with zero attached hydrogens (tertiary/aromatic N) is 1. The Morgan fingerprint density at radius 2 is 2.14 bits per heavy atom. The van der Waals surface area contributed by atoms with Crippen molar-refractivity contribution < 1.29 is 19.4 Å². The summed E-state index contributed by atoms with van der Waals surface area (Å²) in [5.74, 6) is -2.97. The van der Waals surface area contributed by atoms with Crippen molar-refractivity contribution in [3.8, 4) is 0 Å². The van der Waals surface area contributed by atoms with Crippen molar-refractivity contribution >= 4 is 17.6 Å². The number of rotatable bonds is 3. The first-order valence-electron chi connectivity index (χ1n) is 7.54. The molecule has 0 radical (unpaired) electrons. The van der Waals surface area contributed by atoms with Crippen molar-refractivity contribution in [1.82, 2.24) is 0 Å². The molecule has 0 unspecified atom stereocenters. The van der Waals surface area contributed by atoms with Gasteiger partial charge in [0, 0.05) is 17.6 Å². The van der Waals surface area contributed by atoms with E-state index in [1.807, 2.05) is 30.3 Å². The van der Waals surface area contributed by atoms with E-state index >= 15 is 0 Å². The summed E-state index contributed by atoms with van der Waals surface area (Å²) in [6, 6.07) is 7.77. The maximum absolute atomic E-state index is 12.8. The van der Waals surface area contributed by atoms with E-state index in [1.165, 1.54) is 5.56 Å². The van der Waals surface area contributed by atoms with Crippen molar-refractivity contribution in [3.63, 3.8) is 0 Å². The van der Waals surface area contributed by atoms with Crippen LogP contribution in [0.1, 0.15) is 12.5 Å². The number of carbonyl (C=O) groups is 2.